The highest BCUT2D eigenvalue weighted by molar-refractivity contribution is 5.47. The predicted octanol–water partition coefficient (Wildman–Crippen LogP) is 3.05. The van der Waals surface area contributed by atoms with Crippen molar-refractivity contribution in [3.63, 3.8) is 0 Å². The molecule has 0 saturated heterocycles. The van der Waals surface area contributed by atoms with Crippen LogP contribution in [0.3, 0.4) is 0 Å². The van der Waals surface area contributed by atoms with Crippen LogP contribution >= 0.6 is 0 Å². The molecule has 1 heteroatoms. The summed E-state index contributed by atoms with van der Waals surface area (Å²) in [6.45, 7) is 0. The van der Waals surface area contributed by atoms with E-state index in [2.05, 4.69) is 18.2 Å². The molecular formula is C12H17N. The van der Waals surface area contributed by atoms with Crippen molar-refractivity contribution >= 4 is 0 Å². The molecular weight excluding hydrogens is 158 g/mol. The second kappa shape index (κ2) is 3.82. The Morgan fingerprint density at radius 1 is 0.923 bits per heavy atom. The van der Waals surface area contributed by atoms with Gasteiger partial charge in [0.2, 0.25) is 0 Å². The molecule has 0 saturated carbocycles. The normalized spacial score (nSPS) is 23.2. The molecule has 0 aliphatic heterocycles. The molecule has 0 aromatic rings. The van der Waals surface area contributed by atoms with Crippen molar-refractivity contribution < 1.29 is 0 Å². The standard InChI is InChI=1S/C12H17N/c13-12-9-5-4-8-11(12)10-6-2-1-3-7-10/h6,8-9H,1-5,7,13H2. The first kappa shape index (κ1) is 8.61. The van der Waals surface area contributed by atoms with Crippen molar-refractivity contribution in [1.29, 1.82) is 0 Å². The number of nitrogens with two attached hydrogens (primary N) is 1. The van der Waals surface area contributed by atoms with Gasteiger partial charge >= 0.3 is 0 Å². The predicted molar refractivity (Wildman–Crippen MR) is 56.1 cm³/mol. The molecule has 0 amide bonds. The van der Waals surface area contributed by atoms with Gasteiger partial charge in [-0.1, -0.05) is 18.2 Å². The molecule has 0 fully saturated rings. The highest BCUT2D eigenvalue weighted by Gasteiger charge is 2.12. The van der Waals surface area contributed by atoms with E-state index in [0.29, 0.717) is 0 Å². The van der Waals surface area contributed by atoms with Gasteiger partial charge < -0.3 is 5.73 Å². The molecule has 1 nitrogen and oxygen atoms in total. The van der Waals surface area contributed by atoms with Crippen molar-refractivity contribution in [2.24, 2.45) is 5.73 Å². The van der Waals surface area contributed by atoms with Crippen LogP contribution in [0.1, 0.15) is 38.5 Å². The minimum atomic E-state index is 0.999. The molecule has 0 radical (unpaired) electrons. The molecule has 0 atom stereocenters. The van der Waals surface area contributed by atoms with Crippen LogP contribution in [0.25, 0.3) is 0 Å². The summed E-state index contributed by atoms with van der Waals surface area (Å²) in [5.74, 6) is 0. The van der Waals surface area contributed by atoms with Gasteiger partial charge in [0, 0.05) is 5.70 Å². The van der Waals surface area contributed by atoms with E-state index in [1.807, 2.05) is 0 Å². The molecule has 2 aliphatic rings. The lowest BCUT2D eigenvalue weighted by molar-refractivity contribution is 0.704. The lowest BCUT2D eigenvalue weighted by atomic mass is 9.89. The summed E-state index contributed by atoms with van der Waals surface area (Å²) in [6, 6.07) is 0. The minimum absolute atomic E-state index is 0.999. The monoisotopic (exact) mass is 175 g/mol. The van der Waals surface area contributed by atoms with Gasteiger partial charge in [-0.2, -0.15) is 0 Å². The van der Waals surface area contributed by atoms with E-state index in [0.717, 1.165) is 18.5 Å². The fraction of sp³-hybridized carbons (Fsp3) is 0.500. The van der Waals surface area contributed by atoms with Gasteiger partial charge in [0.05, 0.1) is 0 Å². The van der Waals surface area contributed by atoms with Crippen LogP contribution in [0.2, 0.25) is 0 Å². The molecule has 0 spiro atoms. The maximum absolute atomic E-state index is 5.96. The second-order valence-corrected chi connectivity index (χ2v) is 3.83. The Kier molecular flexibility index (Phi) is 2.53. The zero-order chi connectivity index (χ0) is 9.10. The average Bonchev–Trinajstić information content (AvgIpc) is 2.20. The van der Waals surface area contributed by atoms with Gasteiger partial charge in [-0.15, -0.1) is 0 Å². The van der Waals surface area contributed by atoms with Gasteiger partial charge in [0.25, 0.3) is 0 Å². The van der Waals surface area contributed by atoms with Gasteiger partial charge in [-0.25, -0.2) is 0 Å². The van der Waals surface area contributed by atoms with Gasteiger partial charge in [0.1, 0.15) is 0 Å². The molecule has 0 bridgehead atoms. The zero-order valence-electron chi connectivity index (χ0n) is 8.05. The largest absolute Gasteiger partial charge is 0.399 e. The Labute approximate surface area is 80.0 Å². The molecule has 2 N–H and O–H groups in total. The van der Waals surface area contributed by atoms with E-state index in [1.54, 1.807) is 0 Å². The molecule has 13 heavy (non-hydrogen) atoms. The highest BCUT2D eigenvalue weighted by Crippen LogP contribution is 2.29. The lowest BCUT2D eigenvalue weighted by Crippen LogP contribution is -2.08. The second-order valence-electron chi connectivity index (χ2n) is 3.83. The molecule has 2 rings (SSSR count). The van der Waals surface area contributed by atoms with Gasteiger partial charge in [-0.05, 0) is 49.7 Å². The number of hydrogen-bond acceptors (Lipinski definition) is 1. The lowest BCUT2D eigenvalue weighted by Gasteiger charge is -2.19. The van der Waals surface area contributed by atoms with Crippen LogP contribution in [0, 0.1) is 0 Å². The number of rotatable bonds is 1. The van der Waals surface area contributed by atoms with E-state index in [9.17, 15) is 0 Å². The summed E-state index contributed by atoms with van der Waals surface area (Å²) in [5, 5.41) is 0. The van der Waals surface area contributed by atoms with Crippen molar-refractivity contribution in [2.45, 2.75) is 38.5 Å². The Bertz CT molecular complexity index is 281. The van der Waals surface area contributed by atoms with Crippen LogP contribution in [0.5, 0.6) is 0 Å². The van der Waals surface area contributed by atoms with Crippen LogP contribution in [0.15, 0.2) is 35.1 Å². The average molecular weight is 175 g/mol. The van der Waals surface area contributed by atoms with E-state index in [-0.39, 0.29) is 0 Å². The topological polar surface area (TPSA) is 26.0 Å². The summed E-state index contributed by atoms with van der Waals surface area (Å²) in [7, 11) is 0. The Hall–Kier alpha value is -0.980. The van der Waals surface area contributed by atoms with E-state index in [1.165, 1.54) is 36.8 Å². The third-order valence-electron chi connectivity index (χ3n) is 2.83. The Morgan fingerprint density at radius 2 is 1.77 bits per heavy atom. The van der Waals surface area contributed by atoms with Crippen molar-refractivity contribution in [2.75, 3.05) is 0 Å². The van der Waals surface area contributed by atoms with E-state index in [4.69, 9.17) is 5.73 Å². The Morgan fingerprint density at radius 3 is 2.46 bits per heavy atom. The maximum Gasteiger partial charge on any atom is 0.0346 e. The first-order valence-corrected chi connectivity index (χ1v) is 5.23. The fourth-order valence-electron chi connectivity index (χ4n) is 2.09. The summed E-state index contributed by atoms with van der Waals surface area (Å²) in [5.41, 5.74) is 9.77. The molecule has 2 aliphatic carbocycles. The molecule has 0 aromatic carbocycles. The zero-order valence-corrected chi connectivity index (χ0v) is 8.05. The third kappa shape index (κ3) is 1.85. The molecule has 0 unspecified atom stereocenters. The minimum Gasteiger partial charge on any atom is -0.399 e. The van der Waals surface area contributed by atoms with Crippen molar-refractivity contribution in [1.82, 2.24) is 0 Å². The molecule has 0 heterocycles. The van der Waals surface area contributed by atoms with E-state index >= 15 is 0 Å². The van der Waals surface area contributed by atoms with Gasteiger partial charge in [-0.3, -0.25) is 0 Å². The highest BCUT2D eigenvalue weighted by atomic mass is 14.6. The smallest absolute Gasteiger partial charge is 0.0346 e. The van der Waals surface area contributed by atoms with Crippen LogP contribution in [-0.4, -0.2) is 0 Å². The number of hydrogen-bond donors (Lipinski definition) is 1. The SMILES string of the molecule is NC1=CCCC=C1C1=CCCCC1. The summed E-state index contributed by atoms with van der Waals surface area (Å²) >= 11 is 0. The summed E-state index contributed by atoms with van der Waals surface area (Å²) in [4.78, 5) is 0. The summed E-state index contributed by atoms with van der Waals surface area (Å²) < 4.78 is 0. The molecule has 0 aromatic heterocycles. The van der Waals surface area contributed by atoms with Crippen molar-refractivity contribution in [3.05, 3.63) is 35.1 Å². The fourth-order valence-corrected chi connectivity index (χ4v) is 2.09. The van der Waals surface area contributed by atoms with Gasteiger partial charge in [0.15, 0.2) is 0 Å². The van der Waals surface area contributed by atoms with Crippen molar-refractivity contribution in [3.8, 4) is 0 Å². The Balaban J connectivity index is 2.19. The third-order valence-corrected chi connectivity index (χ3v) is 2.83. The summed E-state index contributed by atoms with van der Waals surface area (Å²) in [6.07, 6.45) is 14.2. The van der Waals surface area contributed by atoms with Crippen LogP contribution < -0.4 is 5.73 Å². The maximum atomic E-state index is 5.96. The first-order chi connectivity index (χ1) is 6.38. The van der Waals surface area contributed by atoms with E-state index < -0.39 is 0 Å². The van der Waals surface area contributed by atoms with Crippen LogP contribution in [-0.2, 0) is 0 Å². The molecule has 70 valence electrons. The first-order valence-electron chi connectivity index (χ1n) is 5.23. The number of allylic oxidation sites excluding steroid dienone is 4. The quantitative estimate of drug-likeness (QED) is 0.651. The van der Waals surface area contributed by atoms with Crippen LogP contribution in [0.4, 0.5) is 0 Å².